The second kappa shape index (κ2) is 8.22. The van der Waals surface area contributed by atoms with Crippen molar-refractivity contribution >= 4 is 57.9 Å². The minimum atomic E-state index is -1.26. The first-order valence-electron chi connectivity index (χ1n) is 6.57. The SMILES string of the molecule is Clc1ccc2nsnc2c1NC1=NCCN1.O=C(O)/C=C/C(=O)O. The van der Waals surface area contributed by atoms with Gasteiger partial charge < -0.3 is 20.8 Å². The predicted molar refractivity (Wildman–Crippen MR) is 90.8 cm³/mol. The summed E-state index contributed by atoms with van der Waals surface area (Å²) in [4.78, 5) is 23.4. The summed E-state index contributed by atoms with van der Waals surface area (Å²) in [5.74, 6) is -1.78. The van der Waals surface area contributed by atoms with Crippen molar-refractivity contribution < 1.29 is 19.8 Å². The van der Waals surface area contributed by atoms with Crippen LogP contribution in [0.15, 0.2) is 29.3 Å². The number of hydrogen-bond donors (Lipinski definition) is 4. The molecule has 0 atom stereocenters. The summed E-state index contributed by atoms with van der Waals surface area (Å²) in [6.45, 7) is 1.64. The van der Waals surface area contributed by atoms with E-state index < -0.39 is 11.9 Å². The van der Waals surface area contributed by atoms with Crippen molar-refractivity contribution in [2.45, 2.75) is 0 Å². The molecule has 0 fully saturated rings. The number of aliphatic carboxylic acids is 2. The smallest absolute Gasteiger partial charge is 0.328 e. The number of carboxylic acid groups (broad SMARTS) is 2. The third-order valence-electron chi connectivity index (χ3n) is 2.66. The van der Waals surface area contributed by atoms with Crippen LogP contribution in [0.2, 0.25) is 5.02 Å². The second-order valence-electron chi connectivity index (χ2n) is 4.35. The second-order valence-corrected chi connectivity index (χ2v) is 5.28. The van der Waals surface area contributed by atoms with Crippen molar-refractivity contribution in [1.82, 2.24) is 14.1 Å². The predicted octanol–water partition coefficient (Wildman–Crippen LogP) is 1.43. The number of rotatable bonds is 3. The maximum absolute atomic E-state index is 9.55. The number of aliphatic imine (C=N–C) groups is 1. The quantitative estimate of drug-likeness (QED) is 0.596. The molecular weight excluding hydrogens is 358 g/mol. The lowest BCUT2D eigenvalue weighted by atomic mass is 10.2. The molecule has 24 heavy (non-hydrogen) atoms. The number of guanidine groups is 1. The van der Waals surface area contributed by atoms with Crippen LogP contribution in [-0.4, -0.2) is 49.9 Å². The molecular formula is C13H12ClN5O4S. The van der Waals surface area contributed by atoms with Crippen molar-refractivity contribution in [1.29, 1.82) is 0 Å². The van der Waals surface area contributed by atoms with Gasteiger partial charge in [0.15, 0.2) is 5.96 Å². The molecule has 1 aliphatic heterocycles. The molecule has 0 aliphatic carbocycles. The zero-order chi connectivity index (χ0) is 17.5. The molecule has 9 nitrogen and oxygen atoms in total. The number of benzene rings is 1. The number of nitrogens with zero attached hydrogens (tertiary/aromatic N) is 3. The summed E-state index contributed by atoms with van der Waals surface area (Å²) in [6.07, 6.45) is 1.12. The molecule has 0 unspecified atom stereocenters. The van der Waals surface area contributed by atoms with Crippen LogP contribution < -0.4 is 10.6 Å². The van der Waals surface area contributed by atoms with Gasteiger partial charge >= 0.3 is 11.9 Å². The van der Waals surface area contributed by atoms with Crippen LogP contribution in [0.5, 0.6) is 0 Å². The van der Waals surface area contributed by atoms with Gasteiger partial charge in [-0.1, -0.05) is 11.6 Å². The molecule has 4 N–H and O–H groups in total. The average Bonchev–Trinajstić information content (AvgIpc) is 3.20. The topological polar surface area (TPSA) is 137 Å². The van der Waals surface area contributed by atoms with Crippen LogP contribution in [0.1, 0.15) is 0 Å². The lowest BCUT2D eigenvalue weighted by molar-refractivity contribution is -0.134. The molecule has 11 heteroatoms. The Bertz CT molecular complexity index is 804. The Morgan fingerprint density at radius 2 is 1.96 bits per heavy atom. The number of carboxylic acids is 2. The Morgan fingerprint density at radius 1 is 1.25 bits per heavy atom. The standard InChI is InChI=1S/C9H8ClN5S.C4H4O4/c10-5-1-2-6-8(15-16-14-6)7(5)13-9-11-3-4-12-9;5-3(6)1-2-4(7)8/h1-2H,3-4H2,(H2,11,12,13);1-2H,(H,5,6)(H,7,8)/b;2-1+. The van der Waals surface area contributed by atoms with Crippen molar-refractivity contribution in [2.24, 2.45) is 4.99 Å². The Hall–Kier alpha value is -2.72. The van der Waals surface area contributed by atoms with Gasteiger partial charge in [-0.25, -0.2) is 9.59 Å². The molecule has 0 bridgehead atoms. The molecule has 1 aromatic carbocycles. The first-order valence-corrected chi connectivity index (χ1v) is 7.68. The molecule has 3 rings (SSSR count). The van der Waals surface area contributed by atoms with Gasteiger partial charge in [-0.05, 0) is 12.1 Å². The monoisotopic (exact) mass is 369 g/mol. The number of fused-ring (bicyclic) bond motifs is 1. The van der Waals surface area contributed by atoms with Gasteiger partial charge in [-0.15, -0.1) is 0 Å². The molecule has 0 saturated heterocycles. The van der Waals surface area contributed by atoms with E-state index in [2.05, 4.69) is 24.4 Å². The van der Waals surface area contributed by atoms with Gasteiger partial charge in [0, 0.05) is 18.7 Å². The van der Waals surface area contributed by atoms with E-state index in [9.17, 15) is 9.59 Å². The first-order chi connectivity index (χ1) is 11.5. The van der Waals surface area contributed by atoms with Gasteiger partial charge in [-0.3, -0.25) is 4.99 Å². The highest BCUT2D eigenvalue weighted by Gasteiger charge is 2.13. The van der Waals surface area contributed by atoms with E-state index in [4.69, 9.17) is 21.8 Å². The van der Waals surface area contributed by atoms with Gasteiger partial charge in [0.25, 0.3) is 0 Å². The third-order valence-corrected chi connectivity index (χ3v) is 3.52. The van der Waals surface area contributed by atoms with E-state index in [1.165, 1.54) is 11.7 Å². The Labute approximate surface area is 145 Å². The maximum Gasteiger partial charge on any atom is 0.328 e. The normalized spacial score (nSPS) is 13.1. The maximum atomic E-state index is 9.55. The molecule has 0 spiro atoms. The molecule has 1 aliphatic rings. The van der Waals surface area contributed by atoms with E-state index in [1.54, 1.807) is 0 Å². The first kappa shape index (κ1) is 17.6. The van der Waals surface area contributed by atoms with Crippen LogP contribution >= 0.6 is 23.3 Å². The van der Waals surface area contributed by atoms with Crippen LogP contribution in [0.3, 0.4) is 0 Å². The number of anilines is 1. The minimum absolute atomic E-state index is 0.558. The van der Waals surface area contributed by atoms with E-state index in [-0.39, 0.29) is 0 Å². The van der Waals surface area contributed by atoms with E-state index in [0.717, 1.165) is 35.8 Å². The van der Waals surface area contributed by atoms with Crippen LogP contribution in [0.25, 0.3) is 11.0 Å². The summed E-state index contributed by atoms with van der Waals surface area (Å²) in [7, 11) is 0. The van der Waals surface area contributed by atoms with Gasteiger partial charge in [0.2, 0.25) is 0 Å². The summed E-state index contributed by atoms with van der Waals surface area (Å²) in [5.41, 5.74) is 2.39. The van der Waals surface area contributed by atoms with E-state index >= 15 is 0 Å². The average molecular weight is 370 g/mol. The third kappa shape index (κ3) is 4.89. The fourth-order valence-electron chi connectivity index (χ4n) is 1.69. The van der Waals surface area contributed by atoms with Crippen LogP contribution in [0, 0.1) is 0 Å². The molecule has 0 radical (unpaired) electrons. The lowest BCUT2D eigenvalue weighted by Crippen LogP contribution is -2.26. The fourth-order valence-corrected chi connectivity index (χ4v) is 2.43. The zero-order valence-electron chi connectivity index (χ0n) is 12.1. The van der Waals surface area contributed by atoms with Crippen molar-refractivity contribution in [2.75, 3.05) is 18.4 Å². The lowest BCUT2D eigenvalue weighted by Gasteiger charge is -2.08. The highest BCUT2D eigenvalue weighted by Crippen LogP contribution is 2.29. The van der Waals surface area contributed by atoms with Crippen LogP contribution in [0.4, 0.5) is 5.69 Å². The molecule has 2 heterocycles. The van der Waals surface area contributed by atoms with Gasteiger partial charge in [0.05, 0.1) is 29.0 Å². The molecule has 2 aromatic rings. The fraction of sp³-hybridized carbons (Fsp3) is 0.154. The number of halogens is 1. The largest absolute Gasteiger partial charge is 0.478 e. The highest BCUT2D eigenvalue weighted by atomic mass is 35.5. The Kier molecular flexibility index (Phi) is 6.04. The van der Waals surface area contributed by atoms with Gasteiger partial charge in [-0.2, -0.15) is 8.75 Å². The van der Waals surface area contributed by atoms with E-state index in [1.807, 2.05) is 12.1 Å². The number of carbonyl (C=O) groups is 2. The minimum Gasteiger partial charge on any atom is -0.478 e. The van der Waals surface area contributed by atoms with E-state index in [0.29, 0.717) is 17.2 Å². The molecule has 0 amide bonds. The number of nitrogens with one attached hydrogen (secondary N) is 2. The number of hydrogen-bond acceptors (Lipinski definition) is 8. The summed E-state index contributed by atoms with van der Waals surface area (Å²) < 4.78 is 8.39. The molecule has 0 saturated carbocycles. The van der Waals surface area contributed by atoms with Crippen molar-refractivity contribution in [3.8, 4) is 0 Å². The van der Waals surface area contributed by atoms with Crippen molar-refractivity contribution in [3.05, 3.63) is 29.3 Å². The highest BCUT2D eigenvalue weighted by molar-refractivity contribution is 7.00. The summed E-state index contributed by atoms with van der Waals surface area (Å²) in [6, 6.07) is 3.67. The summed E-state index contributed by atoms with van der Waals surface area (Å²) in [5, 5.41) is 22.5. The molecule has 1 aromatic heterocycles. The molecule has 126 valence electrons. The van der Waals surface area contributed by atoms with Crippen LogP contribution in [-0.2, 0) is 9.59 Å². The Morgan fingerprint density at radius 3 is 2.54 bits per heavy atom. The number of aromatic nitrogens is 2. The van der Waals surface area contributed by atoms with Gasteiger partial charge in [0.1, 0.15) is 11.0 Å². The zero-order valence-corrected chi connectivity index (χ0v) is 13.6. The Balaban J connectivity index is 0.000000224. The summed E-state index contributed by atoms with van der Waals surface area (Å²) >= 11 is 7.30. The van der Waals surface area contributed by atoms with Crippen molar-refractivity contribution in [3.63, 3.8) is 0 Å².